The Morgan fingerprint density at radius 3 is 2.79 bits per heavy atom. The molecule has 2 aromatic heterocycles. The Hall–Kier alpha value is -2.96. The Labute approximate surface area is 137 Å². The highest BCUT2D eigenvalue weighted by atomic mass is 19.1. The minimum Gasteiger partial charge on any atom is -0.496 e. The van der Waals surface area contributed by atoms with Crippen molar-refractivity contribution >= 4 is 22.8 Å². The fourth-order valence-corrected chi connectivity index (χ4v) is 2.79. The average molecular weight is 326 g/mol. The predicted octanol–water partition coefficient (Wildman–Crippen LogP) is 2.54. The van der Waals surface area contributed by atoms with Gasteiger partial charge in [0.05, 0.1) is 18.1 Å². The van der Waals surface area contributed by atoms with Crippen LogP contribution < -0.4 is 10.5 Å². The normalized spacial score (nSPS) is 19.4. The van der Waals surface area contributed by atoms with Crippen molar-refractivity contribution in [3.05, 3.63) is 47.7 Å². The van der Waals surface area contributed by atoms with Gasteiger partial charge in [0.15, 0.2) is 11.5 Å². The maximum absolute atomic E-state index is 13.3. The van der Waals surface area contributed by atoms with Crippen LogP contribution in [0.3, 0.4) is 0 Å². The highest BCUT2D eigenvalue weighted by Crippen LogP contribution is 2.43. The second kappa shape index (κ2) is 5.30. The molecule has 0 bridgehead atoms. The van der Waals surface area contributed by atoms with E-state index in [1.165, 1.54) is 7.11 Å². The number of hydrogen-bond acceptors (Lipinski definition) is 5. The van der Waals surface area contributed by atoms with Crippen molar-refractivity contribution in [1.29, 1.82) is 0 Å². The van der Waals surface area contributed by atoms with E-state index in [4.69, 9.17) is 10.5 Å². The van der Waals surface area contributed by atoms with E-state index in [9.17, 15) is 9.18 Å². The van der Waals surface area contributed by atoms with Crippen molar-refractivity contribution in [3.63, 3.8) is 0 Å². The summed E-state index contributed by atoms with van der Waals surface area (Å²) < 4.78 is 19.7. The third kappa shape index (κ3) is 2.20. The van der Waals surface area contributed by atoms with Gasteiger partial charge in [-0.15, -0.1) is 5.10 Å². The number of methoxy groups -OCH3 is 1. The molecule has 0 aliphatic heterocycles. The number of rotatable bonds is 3. The Morgan fingerprint density at radius 2 is 2.08 bits per heavy atom. The molecular formula is C17H15FN4O2. The number of hydrogen-bond donors (Lipinski definition) is 1. The molecule has 6 nitrogen and oxygen atoms in total. The number of aromatic nitrogens is 3. The second-order valence-electron chi connectivity index (χ2n) is 5.77. The van der Waals surface area contributed by atoms with Gasteiger partial charge in [-0.1, -0.05) is 12.1 Å². The standard InChI is InChI=1S/C17H15FN4O2/c1-24-14-5-3-2-4-9(14)17(23)22-16-10(15(19)21-22)6-7-13(20-16)11-8-12(11)18/h2-7,11-12H,8H2,1H3,(H2,19,21)/t11-,12-/m0/s1. The van der Waals surface area contributed by atoms with E-state index >= 15 is 0 Å². The van der Waals surface area contributed by atoms with Crippen LogP contribution in [-0.4, -0.2) is 34.0 Å². The number of nitrogens with zero attached hydrogens (tertiary/aromatic N) is 3. The number of carbonyl (C=O) groups is 1. The molecule has 1 aromatic carbocycles. The van der Waals surface area contributed by atoms with Gasteiger partial charge in [0.25, 0.3) is 5.91 Å². The van der Waals surface area contributed by atoms with Crippen LogP contribution in [0.5, 0.6) is 5.75 Å². The van der Waals surface area contributed by atoms with Crippen LogP contribution in [0.2, 0.25) is 0 Å². The van der Waals surface area contributed by atoms with E-state index in [1.807, 2.05) is 0 Å². The van der Waals surface area contributed by atoms with Gasteiger partial charge in [-0.25, -0.2) is 9.37 Å². The number of nitrogens with two attached hydrogens (primary N) is 1. The van der Waals surface area contributed by atoms with Gasteiger partial charge in [0, 0.05) is 11.6 Å². The van der Waals surface area contributed by atoms with Gasteiger partial charge >= 0.3 is 0 Å². The number of halogens is 1. The van der Waals surface area contributed by atoms with Gasteiger partial charge in [0.1, 0.15) is 11.9 Å². The Morgan fingerprint density at radius 1 is 1.33 bits per heavy atom. The fourth-order valence-electron chi connectivity index (χ4n) is 2.79. The van der Waals surface area contributed by atoms with E-state index in [0.717, 1.165) is 4.68 Å². The summed E-state index contributed by atoms with van der Waals surface area (Å²) in [7, 11) is 1.49. The van der Waals surface area contributed by atoms with Crippen LogP contribution >= 0.6 is 0 Å². The molecule has 1 aliphatic carbocycles. The molecular weight excluding hydrogens is 311 g/mol. The van der Waals surface area contributed by atoms with Gasteiger partial charge in [0.2, 0.25) is 0 Å². The maximum atomic E-state index is 13.3. The van der Waals surface area contributed by atoms with Crippen LogP contribution in [0.25, 0.3) is 11.0 Å². The molecule has 2 heterocycles. The lowest BCUT2D eigenvalue weighted by Gasteiger charge is -2.07. The lowest BCUT2D eigenvalue weighted by atomic mass is 10.2. The zero-order valence-electron chi connectivity index (χ0n) is 12.9. The number of pyridine rings is 1. The zero-order chi connectivity index (χ0) is 16.8. The third-order valence-corrected chi connectivity index (χ3v) is 4.20. The molecule has 7 heteroatoms. The molecule has 2 N–H and O–H groups in total. The molecule has 0 spiro atoms. The average Bonchev–Trinajstić information content (AvgIpc) is 3.25. The highest BCUT2D eigenvalue weighted by Gasteiger charge is 2.40. The van der Waals surface area contributed by atoms with Crippen LogP contribution in [-0.2, 0) is 0 Å². The van der Waals surface area contributed by atoms with Crippen molar-refractivity contribution in [1.82, 2.24) is 14.8 Å². The van der Waals surface area contributed by atoms with E-state index in [2.05, 4.69) is 10.1 Å². The first-order valence-electron chi connectivity index (χ1n) is 7.57. The first kappa shape index (κ1) is 14.6. The molecule has 0 amide bonds. The molecule has 1 aliphatic rings. The number of para-hydroxylation sites is 1. The molecule has 0 radical (unpaired) electrons. The third-order valence-electron chi connectivity index (χ3n) is 4.20. The topological polar surface area (TPSA) is 83.0 Å². The summed E-state index contributed by atoms with van der Waals surface area (Å²) in [6.07, 6.45) is -0.406. The van der Waals surface area contributed by atoms with Crippen LogP contribution in [0.1, 0.15) is 28.4 Å². The van der Waals surface area contributed by atoms with Gasteiger partial charge in [-0.05, 0) is 30.7 Å². The summed E-state index contributed by atoms with van der Waals surface area (Å²) in [5.41, 5.74) is 7.20. The Balaban J connectivity index is 1.85. The Bertz CT molecular complexity index is 953. The van der Waals surface area contributed by atoms with Gasteiger partial charge in [-0.2, -0.15) is 4.68 Å². The van der Waals surface area contributed by atoms with Crippen molar-refractivity contribution < 1.29 is 13.9 Å². The van der Waals surface area contributed by atoms with Gasteiger partial charge in [-0.3, -0.25) is 4.79 Å². The largest absolute Gasteiger partial charge is 0.496 e. The summed E-state index contributed by atoms with van der Waals surface area (Å²) in [6, 6.07) is 10.3. The minimum atomic E-state index is -0.867. The molecule has 0 saturated heterocycles. The molecule has 4 rings (SSSR count). The minimum absolute atomic E-state index is 0.208. The van der Waals surface area contributed by atoms with E-state index in [-0.39, 0.29) is 11.7 Å². The zero-order valence-corrected chi connectivity index (χ0v) is 12.9. The van der Waals surface area contributed by atoms with Gasteiger partial charge < -0.3 is 10.5 Å². The van der Waals surface area contributed by atoms with E-state index < -0.39 is 12.1 Å². The van der Waals surface area contributed by atoms with Crippen molar-refractivity contribution in [3.8, 4) is 5.75 Å². The number of alkyl halides is 1. The summed E-state index contributed by atoms with van der Waals surface area (Å²) in [4.78, 5) is 17.3. The Kier molecular flexibility index (Phi) is 3.23. The van der Waals surface area contributed by atoms with Crippen molar-refractivity contribution in [2.24, 2.45) is 0 Å². The summed E-state index contributed by atoms with van der Waals surface area (Å²) in [6.45, 7) is 0. The number of anilines is 1. The van der Waals surface area contributed by atoms with Crippen LogP contribution in [0, 0.1) is 0 Å². The maximum Gasteiger partial charge on any atom is 0.283 e. The first-order valence-corrected chi connectivity index (χ1v) is 7.57. The summed E-state index contributed by atoms with van der Waals surface area (Å²) in [5, 5.41) is 4.68. The number of carbonyl (C=O) groups excluding carboxylic acids is 1. The fraction of sp³-hybridized carbons (Fsp3) is 0.235. The molecule has 1 saturated carbocycles. The number of fused-ring (bicyclic) bond motifs is 1. The molecule has 24 heavy (non-hydrogen) atoms. The quantitative estimate of drug-likeness (QED) is 0.799. The highest BCUT2D eigenvalue weighted by molar-refractivity contribution is 6.03. The van der Waals surface area contributed by atoms with Crippen LogP contribution in [0.15, 0.2) is 36.4 Å². The first-order chi connectivity index (χ1) is 11.6. The monoisotopic (exact) mass is 326 g/mol. The number of ether oxygens (including phenoxy) is 1. The van der Waals surface area contributed by atoms with Crippen LogP contribution in [0.4, 0.5) is 10.2 Å². The smallest absolute Gasteiger partial charge is 0.283 e. The molecule has 122 valence electrons. The SMILES string of the molecule is COc1ccccc1C(=O)n1nc(N)c2ccc([C@H]3C[C@@H]3F)nc21. The molecule has 3 aromatic rings. The van der Waals surface area contributed by atoms with E-state index in [1.54, 1.807) is 36.4 Å². The van der Waals surface area contributed by atoms with Crippen molar-refractivity contribution in [2.75, 3.05) is 12.8 Å². The van der Waals surface area contributed by atoms with E-state index in [0.29, 0.717) is 34.5 Å². The summed E-state index contributed by atoms with van der Waals surface area (Å²) in [5.74, 6) is 0.0403. The number of benzene rings is 1. The molecule has 2 atom stereocenters. The summed E-state index contributed by atoms with van der Waals surface area (Å²) >= 11 is 0. The lowest BCUT2D eigenvalue weighted by molar-refractivity contribution is 0.0947. The molecule has 1 fully saturated rings. The predicted molar refractivity (Wildman–Crippen MR) is 86.9 cm³/mol. The second-order valence-corrected chi connectivity index (χ2v) is 5.77. The lowest BCUT2D eigenvalue weighted by Crippen LogP contribution is -2.15. The molecule has 0 unspecified atom stereocenters. The number of nitrogen functional groups attached to an aromatic ring is 1. The van der Waals surface area contributed by atoms with Crippen molar-refractivity contribution in [2.45, 2.75) is 18.5 Å².